The maximum atomic E-state index is 6.08. The zero-order valence-corrected chi connectivity index (χ0v) is 12.6. The van der Waals surface area contributed by atoms with E-state index in [4.69, 9.17) is 32.7 Å². The van der Waals surface area contributed by atoms with Gasteiger partial charge < -0.3 is 9.47 Å². The van der Waals surface area contributed by atoms with Gasteiger partial charge in [0.2, 0.25) is 0 Å². The highest BCUT2D eigenvalue weighted by Gasteiger charge is 2.08. The average molecular weight is 310 g/mol. The molecule has 0 radical (unpaired) electrons. The van der Waals surface area contributed by atoms with Crippen molar-refractivity contribution in [2.75, 3.05) is 14.2 Å². The topological polar surface area (TPSA) is 30.8 Å². The van der Waals surface area contributed by atoms with Gasteiger partial charge in [0.1, 0.15) is 17.2 Å². The first-order valence-corrected chi connectivity index (χ1v) is 6.61. The summed E-state index contributed by atoms with van der Waals surface area (Å²) in [7, 11) is 3.15. The van der Waals surface area contributed by atoms with E-state index in [2.05, 4.69) is 4.99 Å². The maximum Gasteiger partial charge on any atom is 0.146 e. The Kier molecular flexibility index (Phi) is 4.88. The molecule has 0 fully saturated rings. The number of benzene rings is 2. The van der Waals surface area contributed by atoms with Crippen LogP contribution in [-0.4, -0.2) is 20.4 Å². The minimum Gasteiger partial charge on any atom is -0.495 e. The second kappa shape index (κ2) is 6.64. The fourth-order valence-corrected chi connectivity index (χ4v) is 2.35. The van der Waals surface area contributed by atoms with Crippen molar-refractivity contribution < 1.29 is 9.47 Å². The van der Waals surface area contributed by atoms with Crippen molar-refractivity contribution in [1.82, 2.24) is 0 Å². The lowest BCUT2D eigenvalue weighted by Crippen LogP contribution is -1.92. The van der Waals surface area contributed by atoms with Crippen molar-refractivity contribution in [3.8, 4) is 11.5 Å². The SMILES string of the molecule is COc1ccccc1N=Cc1cc(Cl)cc(Cl)c1OC. The predicted molar refractivity (Wildman–Crippen MR) is 83.3 cm³/mol. The highest BCUT2D eigenvalue weighted by atomic mass is 35.5. The molecule has 2 aromatic carbocycles. The fourth-order valence-electron chi connectivity index (χ4n) is 1.77. The lowest BCUT2D eigenvalue weighted by Gasteiger charge is -2.08. The monoisotopic (exact) mass is 309 g/mol. The summed E-state index contributed by atoms with van der Waals surface area (Å²) in [5, 5.41) is 0.971. The van der Waals surface area contributed by atoms with Gasteiger partial charge in [-0.15, -0.1) is 0 Å². The third-order valence-electron chi connectivity index (χ3n) is 2.67. The van der Waals surface area contributed by atoms with Gasteiger partial charge in [-0.2, -0.15) is 0 Å². The van der Waals surface area contributed by atoms with Crippen LogP contribution >= 0.6 is 23.2 Å². The van der Waals surface area contributed by atoms with Gasteiger partial charge >= 0.3 is 0 Å². The van der Waals surface area contributed by atoms with Gasteiger partial charge in [-0.1, -0.05) is 35.3 Å². The lowest BCUT2D eigenvalue weighted by molar-refractivity contribution is 0.414. The van der Waals surface area contributed by atoms with E-state index >= 15 is 0 Å². The Hall–Kier alpha value is -1.71. The molecule has 0 aliphatic carbocycles. The predicted octanol–water partition coefficient (Wildman–Crippen LogP) is 4.76. The summed E-state index contributed by atoms with van der Waals surface area (Å²) in [6, 6.07) is 10.8. The van der Waals surface area contributed by atoms with Gasteiger partial charge in [-0.3, -0.25) is 4.99 Å². The second-order valence-electron chi connectivity index (χ2n) is 3.94. The van der Waals surface area contributed by atoms with Gasteiger partial charge in [0.15, 0.2) is 0 Å². The first-order chi connectivity index (χ1) is 9.65. The van der Waals surface area contributed by atoms with Crippen LogP contribution in [0, 0.1) is 0 Å². The molecule has 0 amide bonds. The summed E-state index contributed by atoms with van der Waals surface area (Å²) in [5.41, 5.74) is 1.42. The van der Waals surface area contributed by atoms with Crippen LogP contribution in [0.15, 0.2) is 41.4 Å². The van der Waals surface area contributed by atoms with Crippen LogP contribution in [0.25, 0.3) is 0 Å². The third kappa shape index (κ3) is 3.24. The van der Waals surface area contributed by atoms with Crippen LogP contribution in [0.2, 0.25) is 10.0 Å². The zero-order chi connectivity index (χ0) is 14.5. The quantitative estimate of drug-likeness (QED) is 0.762. The molecule has 0 aliphatic rings. The first kappa shape index (κ1) is 14.7. The Labute approximate surface area is 127 Å². The van der Waals surface area contributed by atoms with E-state index in [9.17, 15) is 0 Å². The van der Waals surface area contributed by atoms with E-state index in [0.717, 1.165) is 0 Å². The summed E-state index contributed by atoms with van der Waals surface area (Å²) >= 11 is 12.1. The number of para-hydroxylation sites is 2. The number of hydrogen-bond acceptors (Lipinski definition) is 3. The summed E-state index contributed by atoms with van der Waals surface area (Å²) in [6.45, 7) is 0. The number of hydrogen-bond donors (Lipinski definition) is 0. The lowest BCUT2D eigenvalue weighted by atomic mass is 10.2. The Bertz CT molecular complexity index is 642. The number of ether oxygens (including phenoxy) is 2. The van der Waals surface area contributed by atoms with Gasteiger partial charge in [-0.25, -0.2) is 0 Å². The highest BCUT2D eigenvalue weighted by molar-refractivity contribution is 6.36. The number of halogens is 2. The Balaban J connectivity index is 2.41. The van der Waals surface area contributed by atoms with Crippen molar-refractivity contribution in [1.29, 1.82) is 0 Å². The van der Waals surface area contributed by atoms with Crippen LogP contribution in [-0.2, 0) is 0 Å². The molecule has 0 saturated heterocycles. The van der Waals surface area contributed by atoms with Crippen molar-refractivity contribution in [3.63, 3.8) is 0 Å². The number of methoxy groups -OCH3 is 2. The molecule has 2 aromatic rings. The van der Waals surface area contributed by atoms with Crippen molar-refractivity contribution in [3.05, 3.63) is 52.0 Å². The normalized spacial score (nSPS) is 10.8. The molecule has 0 aliphatic heterocycles. The van der Waals surface area contributed by atoms with E-state index in [-0.39, 0.29) is 0 Å². The van der Waals surface area contributed by atoms with Crippen LogP contribution < -0.4 is 9.47 Å². The van der Waals surface area contributed by atoms with Crippen LogP contribution in [0.3, 0.4) is 0 Å². The van der Waals surface area contributed by atoms with E-state index in [0.29, 0.717) is 32.8 Å². The number of rotatable bonds is 4. The highest BCUT2D eigenvalue weighted by Crippen LogP contribution is 2.32. The van der Waals surface area contributed by atoms with Crippen LogP contribution in [0.1, 0.15) is 5.56 Å². The smallest absolute Gasteiger partial charge is 0.146 e. The molecule has 0 aromatic heterocycles. The molecule has 2 rings (SSSR count). The average Bonchev–Trinajstić information content (AvgIpc) is 2.45. The molecule has 0 heterocycles. The molecule has 20 heavy (non-hydrogen) atoms. The molecule has 0 N–H and O–H groups in total. The minimum atomic E-state index is 0.446. The van der Waals surface area contributed by atoms with E-state index in [1.807, 2.05) is 24.3 Å². The standard InChI is InChI=1S/C15H13Cl2NO2/c1-19-14-6-4-3-5-13(14)18-9-10-7-11(16)8-12(17)15(10)20-2/h3-9H,1-2H3. The summed E-state index contributed by atoms with van der Waals surface area (Å²) in [6.07, 6.45) is 1.65. The largest absolute Gasteiger partial charge is 0.495 e. The Morgan fingerprint density at radius 1 is 1.05 bits per heavy atom. The van der Waals surface area contributed by atoms with Crippen molar-refractivity contribution >= 4 is 35.1 Å². The molecule has 5 heteroatoms. The molecular weight excluding hydrogens is 297 g/mol. The second-order valence-corrected chi connectivity index (χ2v) is 4.78. The molecule has 0 unspecified atom stereocenters. The van der Waals surface area contributed by atoms with Gasteiger partial charge in [0.25, 0.3) is 0 Å². The maximum absolute atomic E-state index is 6.08. The number of nitrogens with zero attached hydrogens (tertiary/aromatic N) is 1. The molecule has 3 nitrogen and oxygen atoms in total. The molecule has 0 atom stereocenters. The van der Waals surface area contributed by atoms with Crippen LogP contribution in [0.4, 0.5) is 5.69 Å². The zero-order valence-electron chi connectivity index (χ0n) is 11.1. The Morgan fingerprint density at radius 3 is 2.50 bits per heavy atom. The van der Waals surface area contributed by atoms with E-state index in [1.165, 1.54) is 0 Å². The summed E-state index contributed by atoms with van der Waals surface area (Å²) < 4.78 is 10.5. The van der Waals surface area contributed by atoms with Crippen molar-refractivity contribution in [2.45, 2.75) is 0 Å². The van der Waals surface area contributed by atoms with E-state index in [1.54, 1.807) is 32.6 Å². The van der Waals surface area contributed by atoms with E-state index < -0.39 is 0 Å². The minimum absolute atomic E-state index is 0.446. The molecule has 0 spiro atoms. The molecule has 104 valence electrons. The molecular formula is C15H13Cl2NO2. The summed E-state index contributed by atoms with van der Waals surface area (Å²) in [4.78, 5) is 4.39. The Morgan fingerprint density at radius 2 is 1.80 bits per heavy atom. The first-order valence-electron chi connectivity index (χ1n) is 5.86. The molecule has 0 saturated carbocycles. The molecule has 0 bridgehead atoms. The van der Waals surface area contributed by atoms with Gasteiger partial charge in [-0.05, 0) is 24.3 Å². The summed E-state index contributed by atoms with van der Waals surface area (Å²) in [5.74, 6) is 1.23. The third-order valence-corrected chi connectivity index (χ3v) is 3.17. The van der Waals surface area contributed by atoms with Crippen molar-refractivity contribution in [2.24, 2.45) is 4.99 Å². The van der Waals surface area contributed by atoms with Crippen LogP contribution in [0.5, 0.6) is 11.5 Å². The number of aliphatic imine (C=N–C) groups is 1. The van der Waals surface area contributed by atoms with Gasteiger partial charge in [0, 0.05) is 16.8 Å². The van der Waals surface area contributed by atoms with Gasteiger partial charge in [0.05, 0.1) is 19.2 Å². The fraction of sp³-hybridized carbons (Fsp3) is 0.133.